The van der Waals surface area contributed by atoms with Gasteiger partial charge in [-0.1, -0.05) is 72.8 Å². The van der Waals surface area contributed by atoms with E-state index in [2.05, 4.69) is 66.8 Å². The Morgan fingerprint density at radius 3 is 0.986 bits per heavy atom. The van der Waals surface area contributed by atoms with Crippen molar-refractivity contribution in [3.63, 3.8) is 0 Å². The summed E-state index contributed by atoms with van der Waals surface area (Å²) in [6.07, 6.45) is 8.21. The molecule has 0 spiro atoms. The Morgan fingerprint density at radius 1 is 0.347 bits per heavy atom. The van der Waals surface area contributed by atoms with Crippen LogP contribution in [0.4, 0.5) is 0 Å². The lowest BCUT2D eigenvalue weighted by molar-refractivity contribution is 0.0628. The van der Waals surface area contributed by atoms with E-state index in [0.29, 0.717) is 29.9 Å². The van der Waals surface area contributed by atoms with Crippen molar-refractivity contribution in [2.75, 3.05) is 0 Å². The number of para-hydroxylation sites is 4. The predicted molar refractivity (Wildman–Crippen MR) is 273 cm³/mol. The van der Waals surface area contributed by atoms with Crippen molar-refractivity contribution in [1.82, 2.24) is 42.5 Å². The Hall–Kier alpha value is -4.33. The van der Waals surface area contributed by atoms with Crippen molar-refractivity contribution in [2.24, 2.45) is 47.3 Å². The highest BCUT2D eigenvalue weighted by Crippen LogP contribution is 2.48. The van der Waals surface area contributed by atoms with E-state index in [1.807, 2.05) is 97.1 Å². The summed E-state index contributed by atoms with van der Waals surface area (Å²) in [6, 6.07) is 40.1. The number of rotatable bonds is 9. The standard InChI is InChI=1S/C56H72N8O7S/c65-72(66,67)48-46(71-35-19-11-4-12-20-35)28-27-42-47(48)56-63-51-41-26-23-38(70-34-17-9-3-10-18-34)31-45(41)54(61-51)59-49-39-24-21-36(68-32-13-5-1-6-14-32)29-43(39)53(57-49)58-50-40-25-22-37(69-33-15-7-2-8-16-33)30-44(40)55(60-50)62-52(42)64-56/h1-20,36-64H,21-31H2,(H,65,66,67). The Kier molecular flexibility index (Phi) is 13.2. The van der Waals surface area contributed by atoms with Crippen molar-refractivity contribution in [3.05, 3.63) is 121 Å². The molecule has 15 nitrogen and oxygen atoms in total. The Balaban J connectivity index is 0.850. The predicted octanol–water partition coefficient (Wildman–Crippen LogP) is 5.70. The molecule has 9 aliphatic rings. The number of benzene rings is 4. The van der Waals surface area contributed by atoms with Crippen LogP contribution in [0, 0.1) is 47.3 Å². The van der Waals surface area contributed by atoms with Crippen LogP contribution in [0.2, 0.25) is 0 Å². The second-order valence-electron chi connectivity index (χ2n) is 22.5. The quantitative estimate of drug-likeness (QED) is 0.0930. The molecule has 0 amide bonds. The van der Waals surface area contributed by atoms with E-state index in [9.17, 15) is 13.0 Å². The second kappa shape index (κ2) is 20.1. The summed E-state index contributed by atoms with van der Waals surface area (Å²) in [5.41, 5.74) is 0. The maximum Gasteiger partial charge on any atom is 0.271 e. The van der Waals surface area contributed by atoms with Gasteiger partial charge in [-0.05, 0) is 161 Å². The minimum Gasteiger partial charge on any atom is -0.490 e. The smallest absolute Gasteiger partial charge is 0.271 e. The molecule has 5 saturated heterocycles. The molecule has 9 fully saturated rings. The average molecular weight is 1000 g/mol. The summed E-state index contributed by atoms with van der Waals surface area (Å²) in [5.74, 6) is 4.35. The van der Waals surface area contributed by atoms with E-state index in [0.717, 1.165) is 81.5 Å². The summed E-state index contributed by atoms with van der Waals surface area (Å²) in [7, 11) is -4.59. The number of fused-ring (bicyclic) bond motifs is 20. The van der Waals surface area contributed by atoms with Crippen LogP contribution < -0.4 is 61.5 Å². The molecule has 4 aliphatic carbocycles. The highest BCUT2D eigenvalue weighted by atomic mass is 32.2. The highest BCUT2D eigenvalue weighted by Gasteiger charge is 2.60. The molecule has 384 valence electrons. The average Bonchev–Trinajstić information content (AvgIpc) is 4.12. The molecule has 16 heteroatoms. The summed E-state index contributed by atoms with van der Waals surface area (Å²) >= 11 is 0. The first-order valence-electron chi connectivity index (χ1n) is 27.2. The molecule has 13 rings (SSSR count). The van der Waals surface area contributed by atoms with E-state index in [1.54, 1.807) is 0 Å². The fraction of sp³-hybridized carbons (Fsp3) is 0.571. The first kappa shape index (κ1) is 47.4. The molecular weight excluding hydrogens is 929 g/mol. The van der Waals surface area contributed by atoms with Gasteiger partial charge >= 0.3 is 0 Å². The van der Waals surface area contributed by atoms with Crippen LogP contribution in [0.25, 0.3) is 0 Å². The number of hydrogen-bond acceptors (Lipinski definition) is 14. The first-order chi connectivity index (χ1) is 35.2. The SMILES string of the molecule is O=S(=O)(O)C1C(Oc2ccccc2)CCC2C3NC4NC(NC5NC(NC6NC(NC(N3)C21)C1CCC(Oc2ccccc2)CC61)C1CCC(Oc2ccccc2)CC51)C1CCC(Oc2ccccc2)CC41. The zero-order valence-electron chi connectivity index (χ0n) is 40.8. The lowest BCUT2D eigenvalue weighted by Crippen LogP contribution is -2.62. The molecule has 4 aromatic carbocycles. The summed E-state index contributed by atoms with van der Waals surface area (Å²) in [4.78, 5) is 0. The van der Waals surface area contributed by atoms with Crippen LogP contribution in [0.5, 0.6) is 23.0 Å². The van der Waals surface area contributed by atoms with Gasteiger partial charge in [-0.25, -0.2) is 0 Å². The van der Waals surface area contributed by atoms with E-state index < -0.39 is 33.6 Å². The van der Waals surface area contributed by atoms with E-state index in [-0.39, 0.29) is 85.1 Å². The highest BCUT2D eigenvalue weighted by molar-refractivity contribution is 7.86. The van der Waals surface area contributed by atoms with Gasteiger partial charge in [-0.3, -0.25) is 47.1 Å². The fourth-order valence-corrected chi connectivity index (χ4v) is 16.8. The van der Waals surface area contributed by atoms with Crippen LogP contribution in [-0.2, 0) is 10.1 Å². The number of hydrogen-bond donors (Lipinski definition) is 9. The van der Waals surface area contributed by atoms with Crippen LogP contribution in [0.1, 0.15) is 70.6 Å². The Morgan fingerprint density at radius 2 is 0.639 bits per heavy atom. The van der Waals surface area contributed by atoms with E-state index in [1.165, 1.54) is 0 Å². The van der Waals surface area contributed by atoms with Crippen molar-refractivity contribution in [3.8, 4) is 23.0 Å². The third-order valence-electron chi connectivity index (χ3n) is 18.5. The molecule has 0 radical (unpaired) electrons. The molecule has 5 heterocycles. The van der Waals surface area contributed by atoms with Crippen LogP contribution in [-0.4, -0.2) is 92.0 Å². The second-order valence-corrected chi connectivity index (χ2v) is 24.1. The van der Waals surface area contributed by atoms with Gasteiger partial charge in [0, 0.05) is 5.92 Å². The van der Waals surface area contributed by atoms with Crippen LogP contribution in [0.15, 0.2) is 121 Å². The van der Waals surface area contributed by atoms with Gasteiger partial charge in [0.15, 0.2) is 0 Å². The van der Waals surface area contributed by atoms with Crippen LogP contribution >= 0.6 is 0 Å². The van der Waals surface area contributed by atoms with Gasteiger partial charge in [-0.15, -0.1) is 0 Å². The molecule has 21 atom stereocenters. The van der Waals surface area contributed by atoms with Gasteiger partial charge in [0.1, 0.15) is 34.4 Å². The maximum atomic E-state index is 14.0. The number of nitrogens with one attached hydrogen (secondary N) is 8. The molecule has 5 aliphatic heterocycles. The molecular formula is C56H72N8O7S. The summed E-state index contributed by atoms with van der Waals surface area (Å²) in [6.45, 7) is 0. The van der Waals surface area contributed by atoms with Gasteiger partial charge in [0.25, 0.3) is 10.1 Å². The molecule has 21 unspecified atom stereocenters. The van der Waals surface area contributed by atoms with Crippen molar-refractivity contribution in [1.29, 1.82) is 0 Å². The van der Waals surface area contributed by atoms with Crippen LogP contribution in [0.3, 0.4) is 0 Å². The molecule has 9 N–H and O–H groups in total. The minimum atomic E-state index is -4.59. The molecule has 0 aromatic heterocycles. The topological polar surface area (TPSA) is 188 Å². The monoisotopic (exact) mass is 1000 g/mol. The third-order valence-corrected chi connectivity index (χ3v) is 19.8. The number of ether oxygens (including phenoxy) is 4. The van der Waals surface area contributed by atoms with E-state index >= 15 is 0 Å². The van der Waals surface area contributed by atoms with Crippen molar-refractivity contribution in [2.45, 2.75) is 150 Å². The zero-order valence-corrected chi connectivity index (χ0v) is 41.6. The lowest BCUT2D eigenvalue weighted by Gasteiger charge is -2.42. The lowest BCUT2D eigenvalue weighted by atomic mass is 9.75. The van der Waals surface area contributed by atoms with Crippen molar-refractivity contribution < 1.29 is 31.9 Å². The maximum absolute atomic E-state index is 14.0. The zero-order chi connectivity index (χ0) is 48.3. The fourth-order valence-electron chi connectivity index (χ4n) is 15.5. The van der Waals surface area contributed by atoms with E-state index in [4.69, 9.17) is 18.9 Å². The van der Waals surface area contributed by atoms with Gasteiger partial charge < -0.3 is 18.9 Å². The molecule has 4 aromatic rings. The molecule has 72 heavy (non-hydrogen) atoms. The van der Waals surface area contributed by atoms with Gasteiger partial charge in [0.2, 0.25) is 0 Å². The normalized spacial score (nSPS) is 42.3. The van der Waals surface area contributed by atoms with Crippen molar-refractivity contribution >= 4 is 10.1 Å². The first-order valence-corrected chi connectivity index (χ1v) is 28.7. The minimum absolute atomic E-state index is 0.00435. The summed E-state index contributed by atoms with van der Waals surface area (Å²) in [5, 5.41) is 32.0. The Labute approximate surface area is 424 Å². The third kappa shape index (κ3) is 9.54. The largest absolute Gasteiger partial charge is 0.490 e. The molecule has 8 bridgehead atoms. The van der Waals surface area contributed by atoms with Gasteiger partial charge in [-0.2, -0.15) is 8.42 Å². The molecule has 4 saturated carbocycles. The van der Waals surface area contributed by atoms with Gasteiger partial charge in [0.05, 0.1) is 67.6 Å². The summed E-state index contributed by atoms with van der Waals surface area (Å²) < 4.78 is 66.1. The Bertz CT molecular complexity index is 2520.